The van der Waals surface area contributed by atoms with Gasteiger partial charge in [0.2, 0.25) is 9.84 Å². The summed E-state index contributed by atoms with van der Waals surface area (Å²) in [6.07, 6.45) is 1.59. The molecular formula is C18H16ClNO4S. The number of hydrogen-bond donors (Lipinski definition) is 1. The van der Waals surface area contributed by atoms with Crippen LogP contribution in [0.2, 0.25) is 5.02 Å². The van der Waals surface area contributed by atoms with Crippen molar-refractivity contribution in [3.05, 3.63) is 53.8 Å². The Bertz CT molecular complexity index is 1010. The van der Waals surface area contributed by atoms with Crippen molar-refractivity contribution >= 4 is 32.4 Å². The quantitative estimate of drug-likeness (QED) is 0.756. The van der Waals surface area contributed by atoms with E-state index in [4.69, 9.17) is 20.8 Å². The first-order valence-electron chi connectivity index (χ1n) is 7.89. The van der Waals surface area contributed by atoms with Crippen molar-refractivity contribution in [3.8, 4) is 11.1 Å². The molecule has 2 heterocycles. The minimum absolute atomic E-state index is 0.250. The van der Waals surface area contributed by atoms with Crippen LogP contribution in [-0.4, -0.2) is 33.6 Å². The summed E-state index contributed by atoms with van der Waals surface area (Å²) in [6.45, 7) is 1.37. The zero-order valence-corrected chi connectivity index (χ0v) is 14.8. The molecule has 25 heavy (non-hydrogen) atoms. The van der Waals surface area contributed by atoms with Crippen LogP contribution in [0.3, 0.4) is 0 Å². The number of nitrogens with one attached hydrogen (secondary N) is 1. The van der Waals surface area contributed by atoms with Crippen LogP contribution in [0.25, 0.3) is 22.1 Å². The van der Waals surface area contributed by atoms with Gasteiger partial charge in [0.05, 0.1) is 22.8 Å². The summed E-state index contributed by atoms with van der Waals surface area (Å²) in [4.78, 5) is 0.250. The fourth-order valence-electron chi connectivity index (χ4n) is 2.93. The first-order chi connectivity index (χ1) is 12.1. The molecule has 1 aliphatic heterocycles. The average Bonchev–Trinajstić information content (AvgIpc) is 3.12. The Hall–Kier alpha value is -1.86. The van der Waals surface area contributed by atoms with E-state index >= 15 is 0 Å². The van der Waals surface area contributed by atoms with Crippen LogP contribution in [0.5, 0.6) is 0 Å². The van der Waals surface area contributed by atoms with E-state index in [-0.39, 0.29) is 4.90 Å². The number of hydrogen-bond acceptors (Lipinski definition) is 5. The zero-order chi connectivity index (χ0) is 17.4. The van der Waals surface area contributed by atoms with Crippen LogP contribution >= 0.6 is 11.6 Å². The van der Waals surface area contributed by atoms with Crippen molar-refractivity contribution < 1.29 is 17.6 Å². The first kappa shape index (κ1) is 16.6. The van der Waals surface area contributed by atoms with Crippen molar-refractivity contribution in [1.82, 2.24) is 5.32 Å². The van der Waals surface area contributed by atoms with Gasteiger partial charge in [-0.05, 0) is 41.5 Å². The first-order valence-corrected chi connectivity index (χ1v) is 9.81. The summed E-state index contributed by atoms with van der Waals surface area (Å²) in [6, 6.07) is 12.4. The number of rotatable bonds is 3. The van der Waals surface area contributed by atoms with Gasteiger partial charge >= 0.3 is 0 Å². The molecule has 0 radical (unpaired) electrons. The minimum atomic E-state index is -3.52. The molecule has 130 valence electrons. The van der Waals surface area contributed by atoms with Gasteiger partial charge in [-0.2, -0.15) is 0 Å². The van der Waals surface area contributed by atoms with E-state index in [1.54, 1.807) is 30.5 Å². The number of halogens is 1. The van der Waals surface area contributed by atoms with E-state index in [1.807, 2.05) is 18.2 Å². The number of ether oxygens (including phenoxy) is 1. The molecule has 0 saturated carbocycles. The largest absolute Gasteiger partial charge is 0.463 e. The van der Waals surface area contributed by atoms with Crippen LogP contribution in [0, 0.1) is 0 Å². The second kappa shape index (κ2) is 6.46. The predicted octanol–water partition coefficient (Wildman–Crippen LogP) is 3.47. The van der Waals surface area contributed by atoms with E-state index in [0.29, 0.717) is 30.3 Å². The normalized spacial score (nSPS) is 18.5. The summed E-state index contributed by atoms with van der Waals surface area (Å²) >= 11 is 6.25. The summed E-state index contributed by atoms with van der Waals surface area (Å²) < 4.78 is 36.0. The smallest absolute Gasteiger partial charge is 0.206 e. The molecule has 0 aliphatic carbocycles. The Morgan fingerprint density at radius 1 is 1.08 bits per heavy atom. The molecule has 1 N–H and O–H groups in total. The minimum Gasteiger partial charge on any atom is -0.463 e. The van der Waals surface area contributed by atoms with Crippen LogP contribution < -0.4 is 5.32 Å². The SMILES string of the molecule is O=S(=O)(c1ccc(-c2cc(Cl)c3occc3c2)cc1)C1CNCCO1. The highest BCUT2D eigenvalue weighted by Gasteiger charge is 2.29. The number of morpholine rings is 1. The topological polar surface area (TPSA) is 68.5 Å². The van der Waals surface area contributed by atoms with E-state index in [9.17, 15) is 8.42 Å². The van der Waals surface area contributed by atoms with E-state index in [2.05, 4.69) is 5.32 Å². The highest BCUT2D eigenvalue weighted by atomic mass is 35.5. The van der Waals surface area contributed by atoms with Crippen molar-refractivity contribution in [1.29, 1.82) is 0 Å². The Morgan fingerprint density at radius 2 is 1.88 bits per heavy atom. The van der Waals surface area contributed by atoms with Gasteiger partial charge in [0.25, 0.3) is 0 Å². The van der Waals surface area contributed by atoms with Crippen LogP contribution in [0.4, 0.5) is 0 Å². The third kappa shape index (κ3) is 3.06. The van der Waals surface area contributed by atoms with Gasteiger partial charge in [-0.15, -0.1) is 0 Å². The van der Waals surface area contributed by atoms with Crippen molar-refractivity contribution in [2.24, 2.45) is 0 Å². The number of sulfone groups is 1. The maximum atomic E-state index is 12.6. The lowest BCUT2D eigenvalue weighted by Crippen LogP contribution is -2.42. The highest BCUT2D eigenvalue weighted by Crippen LogP contribution is 2.32. The Kier molecular flexibility index (Phi) is 4.29. The highest BCUT2D eigenvalue weighted by molar-refractivity contribution is 7.92. The maximum absolute atomic E-state index is 12.6. The summed E-state index contributed by atoms with van der Waals surface area (Å²) in [7, 11) is -3.52. The zero-order valence-electron chi connectivity index (χ0n) is 13.2. The standard InChI is InChI=1S/C18H16ClNO4S/c19-16-10-14(9-13-5-7-24-18(13)16)12-1-3-15(4-2-12)25(21,22)17-11-20-6-8-23-17/h1-5,7,9-10,17,20H,6,8,11H2. The van der Waals surface area contributed by atoms with Crippen molar-refractivity contribution in [2.75, 3.05) is 19.7 Å². The molecule has 0 spiro atoms. The molecule has 2 aromatic carbocycles. The molecule has 3 aromatic rings. The second-order valence-corrected chi connectivity index (χ2v) is 8.37. The van der Waals surface area contributed by atoms with Crippen LogP contribution in [0.1, 0.15) is 0 Å². The monoisotopic (exact) mass is 377 g/mol. The van der Waals surface area contributed by atoms with Gasteiger partial charge in [-0.25, -0.2) is 8.42 Å². The molecule has 4 rings (SSSR count). The Morgan fingerprint density at radius 3 is 2.60 bits per heavy atom. The Balaban J connectivity index is 1.67. The molecule has 1 aliphatic rings. The fraction of sp³-hybridized carbons (Fsp3) is 0.222. The maximum Gasteiger partial charge on any atom is 0.206 e. The lowest BCUT2D eigenvalue weighted by Gasteiger charge is -2.23. The third-order valence-electron chi connectivity index (χ3n) is 4.26. The van der Waals surface area contributed by atoms with Crippen LogP contribution in [-0.2, 0) is 14.6 Å². The second-order valence-electron chi connectivity index (χ2n) is 5.87. The lowest BCUT2D eigenvalue weighted by molar-refractivity contribution is 0.0785. The van der Waals surface area contributed by atoms with Gasteiger partial charge in [0.1, 0.15) is 0 Å². The van der Waals surface area contributed by atoms with Gasteiger partial charge in [-0.3, -0.25) is 0 Å². The van der Waals surface area contributed by atoms with Gasteiger partial charge in [-0.1, -0.05) is 23.7 Å². The van der Waals surface area contributed by atoms with Gasteiger partial charge < -0.3 is 14.5 Å². The van der Waals surface area contributed by atoms with E-state index in [0.717, 1.165) is 16.5 Å². The molecule has 1 unspecified atom stereocenters. The molecule has 7 heteroatoms. The number of benzene rings is 2. The molecule has 0 bridgehead atoms. The van der Waals surface area contributed by atoms with Gasteiger partial charge in [0.15, 0.2) is 11.0 Å². The molecule has 5 nitrogen and oxygen atoms in total. The Labute approximate surface area is 150 Å². The van der Waals surface area contributed by atoms with Crippen molar-refractivity contribution in [2.45, 2.75) is 10.3 Å². The molecule has 1 aromatic heterocycles. The molecular weight excluding hydrogens is 362 g/mol. The third-order valence-corrected chi connectivity index (χ3v) is 6.47. The van der Waals surface area contributed by atoms with E-state index < -0.39 is 15.3 Å². The summed E-state index contributed by atoms with van der Waals surface area (Å²) in [5.74, 6) is 0. The molecule has 1 fully saturated rings. The molecule has 1 saturated heterocycles. The molecule has 1 atom stereocenters. The van der Waals surface area contributed by atoms with E-state index in [1.165, 1.54) is 0 Å². The van der Waals surface area contributed by atoms with Gasteiger partial charge in [0, 0.05) is 18.5 Å². The summed E-state index contributed by atoms with van der Waals surface area (Å²) in [5.41, 5.74) is 1.58. The summed E-state index contributed by atoms with van der Waals surface area (Å²) in [5, 5.41) is 4.47. The predicted molar refractivity (Wildman–Crippen MR) is 96.5 cm³/mol. The average molecular weight is 378 g/mol. The molecule has 0 amide bonds. The van der Waals surface area contributed by atoms with Crippen molar-refractivity contribution in [3.63, 3.8) is 0 Å². The number of furan rings is 1. The number of fused-ring (bicyclic) bond motifs is 1. The van der Waals surface area contributed by atoms with Crippen LogP contribution in [0.15, 0.2) is 58.0 Å². The fourth-order valence-corrected chi connectivity index (χ4v) is 4.64. The lowest BCUT2D eigenvalue weighted by atomic mass is 10.0.